The van der Waals surface area contributed by atoms with Gasteiger partial charge in [-0.05, 0) is 137 Å². The molecule has 4 aliphatic heterocycles. The van der Waals surface area contributed by atoms with E-state index in [1.807, 2.05) is 19.9 Å². The fraction of sp³-hybridized carbons (Fsp3) is 0.549. The molecule has 0 spiro atoms. The van der Waals surface area contributed by atoms with Gasteiger partial charge in [0.2, 0.25) is 0 Å². The predicted molar refractivity (Wildman–Crippen MR) is 241 cm³/mol. The van der Waals surface area contributed by atoms with Gasteiger partial charge in [-0.1, -0.05) is 52.7 Å². The van der Waals surface area contributed by atoms with Crippen LogP contribution in [0, 0.1) is 0 Å². The van der Waals surface area contributed by atoms with E-state index in [1.165, 1.54) is 33.3 Å². The van der Waals surface area contributed by atoms with Gasteiger partial charge in [-0.15, -0.1) is 0 Å². The maximum atomic E-state index is 13.9. The standard InChI is InChI=1S/C51H68N2O9/c1-31(2)14-9-16-33(5)18-11-23-50(7)43(55)26-35-21-22-36-39(45(35)61-50)29-52(47(36)57)25-13-20-41(49(59)60)53-30-40-37(48(53)58)27-42(54)38-28-44(56)51(8,62-46(38)40)24-12-19-34(6)17-10-15-32(3)4/h14-15,18-19,21-22,27,41,43-44,54-56H,9-13,16-17,20,23-26,28-30H2,1-8H3,(H,59,60)/b33-18+,34-19+/t41-,43+,44+,50+,51+/m0/s1. The zero-order valence-corrected chi connectivity index (χ0v) is 38.1. The third-order valence-corrected chi connectivity index (χ3v) is 13.4. The Labute approximate surface area is 367 Å². The fourth-order valence-corrected chi connectivity index (χ4v) is 9.33. The lowest BCUT2D eigenvalue weighted by Gasteiger charge is -2.41. The van der Waals surface area contributed by atoms with Crippen LogP contribution < -0.4 is 9.47 Å². The number of carbonyl (C=O) groups excluding carboxylic acids is 2. The van der Waals surface area contributed by atoms with Crippen molar-refractivity contribution >= 4 is 17.8 Å². The number of hydrogen-bond acceptors (Lipinski definition) is 8. The average Bonchev–Trinajstić information content (AvgIpc) is 3.69. The molecule has 0 radical (unpaired) electrons. The summed E-state index contributed by atoms with van der Waals surface area (Å²) in [7, 11) is 0. The molecule has 11 heteroatoms. The quantitative estimate of drug-likeness (QED) is 0.107. The van der Waals surface area contributed by atoms with Gasteiger partial charge in [0, 0.05) is 41.6 Å². The number of rotatable bonds is 18. The molecule has 0 saturated heterocycles. The molecule has 0 aromatic heterocycles. The van der Waals surface area contributed by atoms with E-state index in [4.69, 9.17) is 9.47 Å². The summed E-state index contributed by atoms with van der Waals surface area (Å²) >= 11 is 0. The summed E-state index contributed by atoms with van der Waals surface area (Å²) in [5.41, 5.74) is 6.63. The van der Waals surface area contributed by atoms with Gasteiger partial charge in [0.15, 0.2) is 0 Å². The number of ether oxygens (including phenoxy) is 2. The SMILES string of the molecule is CC(C)=CCC/C(C)=C/CC[C@@]1(C)Oc2c(ccc3c2CN(CCC[C@@H](C(=O)O)N2Cc4c(cc(O)c5c4O[C@](C)(CC/C=C(\C)CCC=C(C)C)[C@H](O)C5)C2=O)C3=O)C[C@H]1O. The molecule has 62 heavy (non-hydrogen) atoms. The van der Waals surface area contributed by atoms with Crippen LogP contribution in [0.2, 0.25) is 0 Å². The summed E-state index contributed by atoms with van der Waals surface area (Å²) in [6, 6.07) is 3.83. The summed E-state index contributed by atoms with van der Waals surface area (Å²) in [5, 5.41) is 44.0. The van der Waals surface area contributed by atoms with Crippen molar-refractivity contribution in [2.45, 2.75) is 175 Å². The first-order valence-corrected chi connectivity index (χ1v) is 22.5. The van der Waals surface area contributed by atoms with Crippen molar-refractivity contribution in [1.29, 1.82) is 0 Å². The van der Waals surface area contributed by atoms with Crippen LogP contribution in [-0.4, -0.2) is 84.0 Å². The molecule has 4 N–H and O–H groups in total. The highest BCUT2D eigenvalue weighted by atomic mass is 16.5. The highest BCUT2D eigenvalue weighted by Gasteiger charge is 2.46. The van der Waals surface area contributed by atoms with Gasteiger partial charge in [0.1, 0.15) is 34.5 Å². The largest absolute Gasteiger partial charge is 0.508 e. The highest BCUT2D eigenvalue weighted by molar-refractivity contribution is 6.02. The van der Waals surface area contributed by atoms with Crippen LogP contribution in [-0.2, 0) is 30.7 Å². The molecule has 2 aromatic rings. The van der Waals surface area contributed by atoms with E-state index in [0.29, 0.717) is 66.8 Å². The smallest absolute Gasteiger partial charge is 0.326 e. The molecule has 0 bridgehead atoms. The van der Waals surface area contributed by atoms with Crippen molar-refractivity contribution in [1.82, 2.24) is 9.80 Å². The van der Waals surface area contributed by atoms with Crippen molar-refractivity contribution < 1.29 is 44.3 Å². The van der Waals surface area contributed by atoms with Crippen LogP contribution in [0.25, 0.3) is 0 Å². The molecule has 0 unspecified atom stereocenters. The Hall–Kier alpha value is -4.87. The topological polar surface area (TPSA) is 157 Å². The molecule has 4 aliphatic rings. The second-order valence-corrected chi connectivity index (χ2v) is 19.1. The van der Waals surface area contributed by atoms with Crippen molar-refractivity contribution in [3.63, 3.8) is 0 Å². The number of benzene rings is 2. The lowest BCUT2D eigenvalue weighted by molar-refractivity contribution is -0.142. The van der Waals surface area contributed by atoms with Gasteiger partial charge in [0.05, 0.1) is 30.9 Å². The monoisotopic (exact) mass is 852 g/mol. The molecule has 2 aromatic carbocycles. The number of aromatic hydroxyl groups is 1. The van der Waals surface area contributed by atoms with Crippen molar-refractivity contribution in [2.24, 2.45) is 0 Å². The Morgan fingerprint density at radius 3 is 1.90 bits per heavy atom. The number of hydrogen-bond donors (Lipinski definition) is 4. The normalized spacial score (nSPS) is 23.5. The Morgan fingerprint density at radius 1 is 0.758 bits per heavy atom. The number of carbonyl (C=O) groups is 3. The molecule has 2 amide bonds. The minimum atomic E-state index is -1.18. The summed E-state index contributed by atoms with van der Waals surface area (Å²) in [5.74, 6) is -1.00. The second kappa shape index (κ2) is 19.3. The van der Waals surface area contributed by atoms with E-state index in [1.54, 1.807) is 11.0 Å². The lowest BCUT2D eigenvalue weighted by Crippen LogP contribution is -2.49. The minimum absolute atomic E-state index is 0.0171. The first kappa shape index (κ1) is 46.6. The van der Waals surface area contributed by atoms with Crippen LogP contribution >= 0.6 is 0 Å². The number of nitrogens with zero attached hydrogens (tertiary/aromatic N) is 2. The Kier molecular flexibility index (Phi) is 14.5. The Bertz CT molecular complexity index is 2180. The van der Waals surface area contributed by atoms with Gasteiger partial charge >= 0.3 is 5.97 Å². The van der Waals surface area contributed by atoms with Gasteiger partial charge in [-0.25, -0.2) is 4.79 Å². The number of aliphatic hydroxyl groups is 2. The van der Waals surface area contributed by atoms with Gasteiger partial charge in [0.25, 0.3) is 11.8 Å². The molecule has 0 saturated carbocycles. The number of phenolic OH excluding ortho intramolecular Hbond substituents is 1. The lowest BCUT2D eigenvalue weighted by atomic mass is 9.84. The number of phenols is 1. The van der Waals surface area contributed by atoms with E-state index >= 15 is 0 Å². The zero-order valence-electron chi connectivity index (χ0n) is 38.1. The molecule has 0 aliphatic carbocycles. The molecular formula is C51H68N2O9. The number of aliphatic hydroxyl groups excluding tert-OH is 2. The highest BCUT2D eigenvalue weighted by Crippen LogP contribution is 2.47. The number of fused-ring (bicyclic) bond motifs is 6. The molecule has 11 nitrogen and oxygen atoms in total. The summed E-state index contributed by atoms with van der Waals surface area (Å²) < 4.78 is 13.2. The summed E-state index contributed by atoms with van der Waals surface area (Å²) in [4.78, 5) is 43.5. The fourth-order valence-electron chi connectivity index (χ4n) is 9.33. The van der Waals surface area contributed by atoms with Crippen LogP contribution in [0.4, 0.5) is 0 Å². The number of amides is 2. The molecule has 0 fully saturated rings. The third kappa shape index (κ3) is 10.2. The summed E-state index contributed by atoms with van der Waals surface area (Å²) in [6.07, 6.45) is 14.7. The molecular weight excluding hydrogens is 785 g/mol. The maximum Gasteiger partial charge on any atom is 0.326 e. The van der Waals surface area contributed by atoms with Gasteiger partial charge in [-0.3, -0.25) is 9.59 Å². The predicted octanol–water partition coefficient (Wildman–Crippen LogP) is 9.29. The number of carboxylic acids is 1. The van der Waals surface area contributed by atoms with Gasteiger partial charge < -0.3 is 39.7 Å². The van der Waals surface area contributed by atoms with E-state index in [-0.39, 0.29) is 43.2 Å². The van der Waals surface area contributed by atoms with E-state index < -0.39 is 41.3 Å². The third-order valence-electron chi connectivity index (χ3n) is 13.4. The van der Waals surface area contributed by atoms with Crippen molar-refractivity contribution in [2.75, 3.05) is 6.54 Å². The van der Waals surface area contributed by atoms with E-state index in [2.05, 4.69) is 65.8 Å². The number of allylic oxidation sites excluding steroid dienone is 8. The van der Waals surface area contributed by atoms with E-state index in [9.17, 15) is 34.8 Å². The van der Waals surface area contributed by atoms with Crippen LogP contribution in [0.3, 0.4) is 0 Å². The summed E-state index contributed by atoms with van der Waals surface area (Å²) in [6.45, 7) is 16.9. The Balaban J connectivity index is 1.09. The first-order chi connectivity index (χ1) is 29.3. The first-order valence-electron chi connectivity index (χ1n) is 22.5. The van der Waals surface area contributed by atoms with Crippen LogP contribution in [0.15, 0.2) is 64.8 Å². The maximum absolute atomic E-state index is 13.9. The van der Waals surface area contributed by atoms with Crippen LogP contribution in [0.1, 0.15) is 163 Å². The van der Waals surface area contributed by atoms with Crippen molar-refractivity contribution in [3.05, 3.63) is 98.2 Å². The van der Waals surface area contributed by atoms with Crippen molar-refractivity contribution in [3.8, 4) is 17.2 Å². The van der Waals surface area contributed by atoms with E-state index in [0.717, 1.165) is 43.2 Å². The molecule has 336 valence electrons. The Morgan fingerprint density at radius 2 is 1.32 bits per heavy atom. The second-order valence-electron chi connectivity index (χ2n) is 19.1. The molecule has 5 atom stereocenters. The van der Waals surface area contributed by atoms with Crippen LogP contribution in [0.5, 0.6) is 17.2 Å². The average molecular weight is 853 g/mol. The zero-order chi connectivity index (χ0) is 45.1. The number of carboxylic acid groups (broad SMARTS) is 1. The molecule has 4 heterocycles. The minimum Gasteiger partial charge on any atom is -0.508 e. The molecule has 6 rings (SSSR count). The number of aliphatic carboxylic acids is 1. The van der Waals surface area contributed by atoms with Gasteiger partial charge in [-0.2, -0.15) is 0 Å².